The Hall–Kier alpha value is -1.76. The van der Waals surface area contributed by atoms with Gasteiger partial charge in [-0.1, -0.05) is 46.9 Å². The van der Waals surface area contributed by atoms with E-state index in [0.717, 1.165) is 12.3 Å². The van der Waals surface area contributed by atoms with Crippen LogP contribution in [0, 0.1) is 21.3 Å². The van der Waals surface area contributed by atoms with Gasteiger partial charge in [-0.2, -0.15) is 0 Å². The minimum Gasteiger partial charge on any atom is -0.289 e. The average molecular weight is 349 g/mol. The monoisotopic (exact) mass is 347 g/mol. The van der Waals surface area contributed by atoms with Crippen LogP contribution in [0.25, 0.3) is 11.1 Å². The molecule has 108 valence electrons. The molecular weight excluding hydrogens is 344 g/mol. The van der Waals surface area contributed by atoms with Crippen LogP contribution in [0.1, 0.15) is 5.56 Å². The highest BCUT2D eigenvalue weighted by molar-refractivity contribution is 6.69. The lowest BCUT2D eigenvalue weighted by molar-refractivity contribution is -0.385. The maximum absolute atomic E-state index is 14.2. The molecule has 2 aromatic rings. The van der Waals surface area contributed by atoms with Crippen molar-refractivity contribution in [2.45, 2.75) is 0 Å². The van der Waals surface area contributed by atoms with Crippen molar-refractivity contribution in [2.24, 2.45) is 0 Å². The number of rotatable bonds is 3. The van der Waals surface area contributed by atoms with Crippen LogP contribution in [-0.2, 0) is 0 Å². The number of nitro groups is 1. The van der Waals surface area contributed by atoms with Gasteiger partial charge in [-0.15, -0.1) is 0 Å². The third-order valence-corrected chi connectivity index (χ3v) is 3.40. The molecule has 0 aliphatic heterocycles. The molecule has 21 heavy (non-hydrogen) atoms. The van der Waals surface area contributed by atoms with E-state index in [0.29, 0.717) is 0 Å². The molecule has 0 spiro atoms. The predicted octanol–water partition coefficient (Wildman–Crippen LogP) is 4.67. The zero-order valence-electron chi connectivity index (χ0n) is 10.0. The van der Waals surface area contributed by atoms with Gasteiger partial charge in [0.1, 0.15) is 5.17 Å². The summed E-state index contributed by atoms with van der Waals surface area (Å²) in [6.07, 6.45) is 1.11. The number of pyridine rings is 1. The largest absolute Gasteiger partial charge is 0.289 e. The second-order valence-electron chi connectivity index (χ2n) is 3.86. The zero-order valence-corrected chi connectivity index (χ0v) is 12.3. The lowest BCUT2D eigenvalue weighted by atomic mass is 9.99. The second-order valence-corrected chi connectivity index (χ2v) is 5.00. The fourth-order valence-electron chi connectivity index (χ4n) is 1.82. The second kappa shape index (κ2) is 5.93. The van der Waals surface area contributed by atoms with Crippen LogP contribution in [-0.4, -0.2) is 15.1 Å². The molecule has 0 fully saturated rings. The fourth-order valence-corrected chi connectivity index (χ4v) is 2.40. The zero-order chi connectivity index (χ0) is 15.7. The van der Waals surface area contributed by atoms with Gasteiger partial charge in [-0.3, -0.25) is 15.5 Å². The SMILES string of the molecule is N=C(Cl)c1c(-c2c(Cl)cnc(Cl)c2F)cccc1[N+](=O)[O-]. The molecular formula is C12H5Cl3FN3O2. The van der Waals surface area contributed by atoms with Crippen LogP contribution in [0.15, 0.2) is 24.4 Å². The topological polar surface area (TPSA) is 79.9 Å². The Balaban J connectivity index is 2.89. The van der Waals surface area contributed by atoms with Crippen molar-refractivity contribution in [1.82, 2.24) is 4.98 Å². The van der Waals surface area contributed by atoms with E-state index < -0.39 is 26.8 Å². The number of nitrogens with one attached hydrogen (secondary N) is 1. The van der Waals surface area contributed by atoms with Crippen LogP contribution in [0.2, 0.25) is 10.2 Å². The maximum atomic E-state index is 14.2. The molecule has 1 heterocycles. The molecule has 0 radical (unpaired) electrons. The summed E-state index contributed by atoms with van der Waals surface area (Å²) >= 11 is 17.1. The number of benzene rings is 1. The summed E-state index contributed by atoms with van der Waals surface area (Å²) in [6, 6.07) is 3.85. The molecule has 0 amide bonds. The Bertz CT molecular complexity index is 768. The van der Waals surface area contributed by atoms with E-state index >= 15 is 0 Å². The molecule has 1 aromatic heterocycles. The van der Waals surface area contributed by atoms with E-state index in [1.165, 1.54) is 12.1 Å². The summed E-state index contributed by atoms with van der Waals surface area (Å²) in [6.45, 7) is 0. The number of hydrogen-bond acceptors (Lipinski definition) is 4. The molecule has 9 heteroatoms. The minimum absolute atomic E-state index is 0.00370. The van der Waals surface area contributed by atoms with Gasteiger partial charge in [0, 0.05) is 23.4 Å². The normalized spacial score (nSPS) is 10.5. The standard InChI is InChI=1S/C12H5Cl3FN3O2/c13-6-4-18-12(15)10(16)8(6)5-2-1-3-7(19(20)21)9(5)11(14)17/h1-4,17H. The first-order valence-electron chi connectivity index (χ1n) is 5.36. The van der Waals surface area contributed by atoms with Crippen molar-refractivity contribution in [2.75, 3.05) is 0 Å². The van der Waals surface area contributed by atoms with Gasteiger partial charge in [0.25, 0.3) is 5.69 Å². The Labute approximate surface area is 132 Å². The minimum atomic E-state index is -0.941. The molecule has 1 N–H and O–H groups in total. The highest BCUT2D eigenvalue weighted by Gasteiger charge is 2.25. The first kappa shape index (κ1) is 15.6. The van der Waals surface area contributed by atoms with E-state index in [9.17, 15) is 14.5 Å². The number of halogens is 4. The molecule has 0 saturated heterocycles. The maximum Gasteiger partial charge on any atom is 0.280 e. The lowest BCUT2D eigenvalue weighted by Crippen LogP contribution is -2.03. The number of aromatic nitrogens is 1. The molecule has 1 aromatic carbocycles. The quantitative estimate of drug-likeness (QED) is 0.379. The number of nitro benzene ring substituents is 1. The lowest BCUT2D eigenvalue weighted by Gasteiger charge is -2.11. The third-order valence-electron chi connectivity index (χ3n) is 2.66. The van der Waals surface area contributed by atoms with Gasteiger partial charge < -0.3 is 0 Å². The Kier molecular flexibility index (Phi) is 4.41. The molecule has 2 rings (SSSR count). The Morgan fingerprint density at radius 2 is 2.05 bits per heavy atom. The summed E-state index contributed by atoms with van der Waals surface area (Å²) in [5.74, 6) is -0.941. The first-order chi connectivity index (χ1) is 9.84. The van der Waals surface area contributed by atoms with Crippen molar-refractivity contribution in [3.63, 3.8) is 0 Å². The van der Waals surface area contributed by atoms with E-state index in [-0.39, 0.29) is 21.7 Å². The number of nitrogens with zero attached hydrogens (tertiary/aromatic N) is 2. The van der Waals surface area contributed by atoms with Crippen LogP contribution in [0.3, 0.4) is 0 Å². The summed E-state index contributed by atoms with van der Waals surface area (Å²) in [5.41, 5.74) is -0.875. The molecule has 0 aliphatic carbocycles. The van der Waals surface area contributed by atoms with Crippen LogP contribution < -0.4 is 0 Å². The van der Waals surface area contributed by atoms with Crippen molar-refractivity contribution in [1.29, 1.82) is 5.41 Å². The number of hydrogen-bond donors (Lipinski definition) is 1. The average Bonchev–Trinajstić information content (AvgIpc) is 2.42. The molecule has 0 bridgehead atoms. The highest BCUT2D eigenvalue weighted by Crippen LogP contribution is 2.38. The van der Waals surface area contributed by atoms with Crippen molar-refractivity contribution in [3.8, 4) is 11.1 Å². The smallest absolute Gasteiger partial charge is 0.280 e. The van der Waals surface area contributed by atoms with Gasteiger partial charge >= 0.3 is 0 Å². The molecule has 0 atom stereocenters. The van der Waals surface area contributed by atoms with E-state index in [2.05, 4.69) is 4.98 Å². The molecule has 0 unspecified atom stereocenters. The van der Waals surface area contributed by atoms with Gasteiger partial charge in [-0.25, -0.2) is 9.37 Å². The highest BCUT2D eigenvalue weighted by atomic mass is 35.5. The summed E-state index contributed by atoms with van der Waals surface area (Å²) in [5, 5.41) is 17.4. The van der Waals surface area contributed by atoms with E-state index in [4.69, 9.17) is 40.2 Å². The summed E-state index contributed by atoms with van der Waals surface area (Å²) < 4.78 is 14.2. The molecule has 0 aliphatic rings. The van der Waals surface area contributed by atoms with Crippen molar-refractivity contribution in [3.05, 3.63) is 56.1 Å². The predicted molar refractivity (Wildman–Crippen MR) is 79.0 cm³/mol. The molecule has 0 saturated carbocycles. The van der Waals surface area contributed by atoms with Crippen LogP contribution in [0.4, 0.5) is 10.1 Å². The van der Waals surface area contributed by atoms with E-state index in [1.54, 1.807) is 0 Å². The Morgan fingerprint density at radius 3 is 2.62 bits per heavy atom. The van der Waals surface area contributed by atoms with Gasteiger partial charge in [0.05, 0.1) is 15.5 Å². The third kappa shape index (κ3) is 2.83. The first-order valence-corrected chi connectivity index (χ1v) is 6.49. The van der Waals surface area contributed by atoms with E-state index in [1.807, 2.05) is 0 Å². The van der Waals surface area contributed by atoms with Crippen molar-refractivity contribution < 1.29 is 9.31 Å². The van der Waals surface area contributed by atoms with Crippen LogP contribution in [0.5, 0.6) is 0 Å². The fraction of sp³-hybridized carbons (Fsp3) is 0. The molecule has 5 nitrogen and oxygen atoms in total. The summed E-state index contributed by atoms with van der Waals surface area (Å²) in [7, 11) is 0. The summed E-state index contributed by atoms with van der Waals surface area (Å²) in [4.78, 5) is 13.8. The Morgan fingerprint density at radius 1 is 1.38 bits per heavy atom. The van der Waals surface area contributed by atoms with Crippen LogP contribution >= 0.6 is 34.8 Å². The van der Waals surface area contributed by atoms with Gasteiger partial charge in [-0.05, 0) is 0 Å². The van der Waals surface area contributed by atoms with Gasteiger partial charge in [0.2, 0.25) is 0 Å². The van der Waals surface area contributed by atoms with Gasteiger partial charge in [0.15, 0.2) is 11.0 Å². The van der Waals surface area contributed by atoms with Crippen molar-refractivity contribution >= 4 is 45.7 Å².